The average molecular weight is 377 g/mol. The summed E-state index contributed by atoms with van der Waals surface area (Å²) in [6.07, 6.45) is -0.287. The summed E-state index contributed by atoms with van der Waals surface area (Å²) in [7, 11) is 0. The summed E-state index contributed by atoms with van der Waals surface area (Å²) in [6.45, 7) is 1.89. The van der Waals surface area contributed by atoms with Crippen LogP contribution in [-0.2, 0) is 14.3 Å². The maximum absolute atomic E-state index is 13.6. The molecule has 0 aliphatic rings. The van der Waals surface area contributed by atoms with Gasteiger partial charge in [-0.25, -0.2) is 4.39 Å². The van der Waals surface area contributed by atoms with Gasteiger partial charge in [-0.1, -0.05) is 23.9 Å². The zero-order valence-electron chi connectivity index (χ0n) is 13.9. The van der Waals surface area contributed by atoms with E-state index in [1.54, 1.807) is 19.1 Å². The fourth-order valence-electron chi connectivity index (χ4n) is 1.87. The highest BCUT2D eigenvalue weighted by Crippen LogP contribution is 2.17. The summed E-state index contributed by atoms with van der Waals surface area (Å²) < 4.78 is 18.3. The number of ether oxygens (including phenoxy) is 1. The van der Waals surface area contributed by atoms with Crippen LogP contribution in [0.5, 0.6) is 0 Å². The Balaban J connectivity index is 1.86. The van der Waals surface area contributed by atoms with Crippen molar-refractivity contribution in [2.24, 2.45) is 0 Å². The monoisotopic (exact) mass is 377 g/mol. The fraction of sp³-hybridized carbons (Fsp3) is 0.235. The molecule has 0 atom stereocenters. The van der Waals surface area contributed by atoms with Crippen molar-refractivity contribution in [3.63, 3.8) is 0 Å². The van der Waals surface area contributed by atoms with Gasteiger partial charge in [-0.3, -0.25) is 14.4 Å². The minimum atomic E-state index is -0.637. The van der Waals surface area contributed by atoms with Crippen LogP contribution in [0.15, 0.2) is 41.4 Å². The van der Waals surface area contributed by atoms with Crippen LogP contribution in [0.3, 0.4) is 0 Å². The number of benzene rings is 1. The van der Waals surface area contributed by atoms with E-state index in [-0.39, 0.29) is 35.9 Å². The van der Waals surface area contributed by atoms with E-state index in [2.05, 4.69) is 15.5 Å². The Bertz CT molecular complexity index is 799. The van der Waals surface area contributed by atoms with Crippen LogP contribution in [0.1, 0.15) is 23.7 Å². The molecule has 0 aliphatic heterocycles. The maximum Gasteiger partial charge on any atom is 0.313 e. The van der Waals surface area contributed by atoms with Crippen molar-refractivity contribution in [3.8, 4) is 0 Å². The molecule has 1 aromatic carbocycles. The number of carbonyl (C=O) groups is 3. The van der Waals surface area contributed by atoms with Crippen LogP contribution in [-0.4, -0.2) is 40.2 Å². The van der Waals surface area contributed by atoms with Gasteiger partial charge >= 0.3 is 5.97 Å². The molecule has 0 bridgehead atoms. The molecule has 0 saturated heterocycles. The second-order valence-electron chi connectivity index (χ2n) is 5.00. The third-order valence-electron chi connectivity index (χ3n) is 3.03. The Morgan fingerprint density at radius 2 is 1.92 bits per heavy atom. The number of hydrogen-bond acceptors (Lipinski definition) is 7. The molecule has 0 aliphatic carbocycles. The van der Waals surface area contributed by atoms with Crippen LogP contribution in [0.4, 0.5) is 10.2 Å². The van der Waals surface area contributed by atoms with Crippen LogP contribution in [0.25, 0.3) is 0 Å². The van der Waals surface area contributed by atoms with Gasteiger partial charge in [-0.2, -0.15) is 0 Å². The van der Waals surface area contributed by atoms with E-state index in [9.17, 15) is 18.8 Å². The van der Waals surface area contributed by atoms with Crippen molar-refractivity contribution < 1.29 is 23.5 Å². The molecule has 0 radical (unpaired) electrons. The zero-order valence-corrected chi connectivity index (χ0v) is 14.7. The van der Waals surface area contributed by atoms with Crippen LogP contribution >= 0.6 is 11.8 Å². The third-order valence-corrected chi connectivity index (χ3v) is 4.01. The standard InChI is InChI=1S/C17H16FN3O4S/c1-2-25-16(23)9-11(22)10-26-15-8-7-14(20-21-15)19-17(24)12-5-3-4-6-13(12)18/h3-8H,2,9-10H2,1H3,(H,19,20,24). The summed E-state index contributed by atoms with van der Waals surface area (Å²) >= 11 is 1.11. The molecule has 0 spiro atoms. The van der Waals surface area contributed by atoms with Gasteiger partial charge < -0.3 is 10.1 Å². The summed E-state index contributed by atoms with van der Waals surface area (Å²) in [5, 5.41) is 10.6. The minimum Gasteiger partial charge on any atom is -0.466 e. The number of amides is 1. The summed E-state index contributed by atoms with van der Waals surface area (Å²) in [5.41, 5.74) is -0.0997. The molecular formula is C17H16FN3O4S. The Labute approximate surface area is 153 Å². The van der Waals surface area contributed by atoms with Crippen molar-refractivity contribution in [2.75, 3.05) is 17.7 Å². The quantitative estimate of drug-likeness (QED) is 0.429. The second kappa shape index (κ2) is 9.62. The maximum atomic E-state index is 13.6. The molecule has 26 heavy (non-hydrogen) atoms. The molecule has 0 saturated carbocycles. The van der Waals surface area contributed by atoms with Gasteiger partial charge in [-0.15, -0.1) is 10.2 Å². The van der Waals surface area contributed by atoms with E-state index in [0.29, 0.717) is 5.03 Å². The van der Waals surface area contributed by atoms with Crippen LogP contribution in [0.2, 0.25) is 0 Å². The van der Waals surface area contributed by atoms with Crippen molar-refractivity contribution in [1.82, 2.24) is 10.2 Å². The van der Waals surface area contributed by atoms with Crippen molar-refractivity contribution >= 4 is 35.2 Å². The molecule has 2 aromatic rings. The molecule has 1 N–H and O–H groups in total. The highest BCUT2D eigenvalue weighted by atomic mass is 32.2. The number of Topliss-reactive ketones (excluding diaryl/α,β-unsaturated/α-hetero) is 1. The first kappa shape index (κ1) is 19.5. The Morgan fingerprint density at radius 1 is 1.15 bits per heavy atom. The number of halogens is 1. The molecule has 7 nitrogen and oxygen atoms in total. The summed E-state index contributed by atoms with van der Waals surface area (Å²) in [4.78, 5) is 34.8. The van der Waals surface area contributed by atoms with E-state index in [1.165, 1.54) is 24.3 Å². The van der Waals surface area contributed by atoms with Gasteiger partial charge in [-0.05, 0) is 31.2 Å². The van der Waals surface area contributed by atoms with Gasteiger partial charge in [0.15, 0.2) is 11.6 Å². The lowest BCUT2D eigenvalue weighted by atomic mass is 10.2. The van der Waals surface area contributed by atoms with Crippen LogP contribution < -0.4 is 5.32 Å². The molecule has 2 rings (SSSR count). The highest BCUT2D eigenvalue weighted by Gasteiger charge is 2.13. The molecule has 1 heterocycles. The van der Waals surface area contributed by atoms with Gasteiger partial charge in [0, 0.05) is 0 Å². The smallest absolute Gasteiger partial charge is 0.313 e. The number of ketones is 1. The number of hydrogen-bond donors (Lipinski definition) is 1. The molecule has 0 fully saturated rings. The number of rotatable bonds is 8. The highest BCUT2D eigenvalue weighted by molar-refractivity contribution is 7.99. The minimum absolute atomic E-state index is 0.0500. The number of nitrogens with zero attached hydrogens (tertiary/aromatic N) is 2. The van der Waals surface area contributed by atoms with Gasteiger partial charge in [0.25, 0.3) is 5.91 Å². The number of thioether (sulfide) groups is 1. The first-order chi connectivity index (χ1) is 12.5. The molecular weight excluding hydrogens is 361 g/mol. The van der Waals surface area contributed by atoms with Gasteiger partial charge in [0.2, 0.25) is 0 Å². The lowest BCUT2D eigenvalue weighted by Crippen LogP contribution is -2.15. The number of aromatic nitrogens is 2. The topological polar surface area (TPSA) is 98.2 Å². The number of nitrogens with one attached hydrogen (secondary N) is 1. The largest absolute Gasteiger partial charge is 0.466 e. The summed E-state index contributed by atoms with van der Waals surface area (Å²) in [5.74, 6) is -1.91. The first-order valence-electron chi connectivity index (χ1n) is 7.69. The molecule has 1 amide bonds. The van der Waals surface area contributed by atoms with Crippen LogP contribution in [0, 0.1) is 5.82 Å². The van der Waals surface area contributed by atoms with E-state index >= 15 is 0 Å². The van der Waals surface area contributed by atoms with Gasteiger partial charge in [0.05, 0.1) is 17.9 Å². The molecule has 1 aromatic heterocycles. The van der Waals surface area contributed by atoms with Gasteiger partial charge in [0.1, 0.15) is 17.3 Å². The lowest BCUT2D eigenvalue weighted by molar-refractivity contribution is -0.145. The van der Waals surface area contributed by atoms with E-state index < -0.39 is 17.7 Å². The number of anilines is 1. The summed E-state index contributed by atoms with van der Waals surface area (Å²) in [6, 6.07) is 8.64. The van der Waals surface area contributed by atoms with E-state index in [0.717, 1.165) is 11.8 Å². The number of carbonyl (C=O) groups excluding carboxylic acids is 3. The fourth-order valence-corrected chi connectivity index (χ4v) is 2.54. The Kier molecular flexibility index (Phi) is 7.22. The van der Waals surface area contributed by atoms with E-state index in [4.69, 9.17) is 4.74 Å². The van der Waals surface area contributed by atoms with Crippen molar-refractivity contribution in [3.05, 3.63) is 47.8 Å². The third kappa shape index (κ3) is 5.92. The van der Waals surface area contributed by atoms with E-state index in [1.807, 2.05) is 0 Å². The average Bonchev–Trinajstić information content (AvgIpc) is 2.61. The molecule has 0 unspecified atom stereocenters. The lowest BCUT2D eigenvalue weighted by Gasteiger charge is -2.05. The molecule has 136 valence electrons. The van der Waals surface area contributed by atoms with Crippen molar-refractivity contribution in [1.29, 1.82) is 0 Å². The van der Waals surface area contributed by atoms with Crippen molar-refractivity contribution in [2.45, 2.75) is 18.4 Å². The first-order valence-corrected chi connectivity index (χ1v) is 8.68. The molecule has 9 heteroatoms. The predicted octanol–water partition coefficient (Wildman–Crippen LogP) is 2.48. The predicted molar refractivity (Wildman–Crippen MR) is 93.4 cm³/mol. The number of esters is 1. The zero-order chi connectivity index (χ0) is 18.9. The second-order valence-corrected chi connectivity index (χ2v) is 6.00. The normalized spacial score (nSPS) is 10.2. The Hall–Kier alpha value is -2.81. The SMILES string of the molecule is CCOC(=O)CC(=O)CSc1ccc(NC(=O)c2ccccc2F)nn1. The Morgan fingerprint density at radius 3 is 2.58 bits per heavy atom.